The lowest BCUT2D eigenvalue weighted by Crippen LogP contribution is -2.41. The van der Waals surface area contributed by atoms with E-state index in [-0.39, 0.29) is 17.4 Å². The number of hydrogen-bond acceptors (Lipinski definition) is 1. The highest BCUT2D eigenvalue weighted by molar-refractivity contribution is 9.09. The van der Waals surface area contributed by atoms with Gasteiger partial charge in [-0.3, -0.25) is 4.79 Å². The van der Waals surface area contributed by atoms with Gasteiger partial charge in [0.05, 0.1) is 0 Å². The van der Waals surface area contributed by atoms with Gasteiger partial charge in [0, 0.05) is 16.4 Å². The molecule has 0 heterocycles. The highest BCUT2D eigenvalue weighted by Gasteiger charge is 2.26. The fourth-order valence-electron chi connectivity index (χ4n) is 3.01. The van der Waals surface area contributed by atoms with E-state index < -0.39 is 0 Å². The number of amides is 1. The van der Waals surface area contributed by atoms with Crippen LogP contribution in [0.15, 0.2) is 24.3 Å². The highest BCUT2D eigenvalue weighted by Crippen LogP contribution is 2.27. The van der Waals surface area contributed by atoms with Crippen molar-refractivity contribution in [3.8, 4) is 0 Å². The second kappa shape index (κ2) is 6.95. The van der Waals surface area contributed by atoms with Crippen molar-refractivity contribution < 1.29 is 4.79 Å². The molecule has 1 aliphatic carbocycles. The van der Waals surface area contributed by atoms with E-state index in [0.717, 1.165) is 24.0 Å². The summed E-state index contributed by atoms with van der Waals surface area (Å²) in [7, 11) is 0. The Bertz CT molecular complexity index is 492. The largest absolute Gasteiger partial charge is 0.348 e. The number of halogens is 1. The molecule has 21 heavy (non-hydrogen) atoms. The number of benzene rings is 1. The lowest BCUT2D eigenvalue weighted by Gasteiger charge is -2.25. The van der Waals surface area contributed by atoms with E-state index in [1.54, 1.807) is 0 Å². The zero-order chi connectivity index (χ0) is 15.5. The number of alkyl halides is 1. The molecule has 0 saturated heterocycles. The maximum atomic E-state index is 12.7. The zero-order valence-corrected chi connectivity index (χ0v) is 14.9. The summed E-state index contributed by atoms with van der Waals surface area (Å²) in [5.41, 5.74) is 1.90. The van der Waals surface area contributed by atoms with Gasteiger partial charge in [0.15, 0.2) is 0 Å². The Kier molecular flexibility index (Phi) is 5.48. The fraction of sp³-hybridized carbons (Fsp3) is 0.611. The Morgan fingerprint density at radius 2 is 1.81 bits per heavy atom. The Morgan fingerprint density at radius 1 is 1.14 bits per heavy atom. The Balaban J connectivity index is 2.17. The van der Waals surface area contributed by atoms with Crippen LogP contribution in [-0.4, -0.2) is 16.8 Å². The summed E-state index contributed by atoms with van der Waals surface area (Å²) in [5.74, 6) is 0.0666. The first-order valence-corrected chi connectivity index (χ1v) is 8.85. The van der Waals surface area contributed by atoms with Crippen molar-refractivity contribution in [2.24, 2.45) is 0 Å². The van der Waals surface area contributed by atoms with Crippen LogP contribution in [0.2, 0.25) is 0 Å². The van der Waals surface area contributed by atoms with Gasteiger partial charge in [0.1, 0.15) is 0 Å². The number of carbonyl (C=O) groups excluding carboxylic acids is 1. The van der Waals surface area contributed by atoms with Crippen LogP contribution in [0.25, 0.3) is 0 Å². The first kappa shape index (κ1) is 16.5. The van der Waals surface area contributed by atoms with E-state index in [1.807, 2.05) is 18.2 Å². The van der Waals surface area contributed by atoms with E-state index in [0.29, 0.717) is 4.83 Å². The average Bonchev–Trinajstić information content (AvgIpc) is 2.63. The number of nitrogens with one attached hydrogen (secondary N) is 1. The third-order valence-electron chi connectivity index (χ3n) is 4.23. The van der Waals surface area contributed by atoms with Crippen LogP contribution >= 0.6 is 15.9 Å². The summed E-state index contributed by atoms with van der Waals surface area (Å²) in [5, 5.41) is 3.25. The predicted octanol–water partition coefficient (Wildman–Crippen LogP) is 4.81. The van der Waals surface area contributed by atoms with Crippen molar-refractivity contribution in [3.63, 3.8) is 0 Å². The van der Waals surface area contributed by atoms with Crippen molar-refractivity contribution in [2.45, 2.75) is 69.2 Å². The van der Waals surface area contributed by atoms with Crippen LogP contribution in [0.3, 0.4) is 0 Å². The molecular weight excluding hydrogens is 326 g/mol. The smallest absolute Gasteiger partial charge is 0.251 e. The minimum Gasteiger partial charge on any atom is -0.348 e. The summed E-state index contributed by atoms with van der Waals surface area (Å²) < 4.78 is 0. The third kappa shape index (κ3) is 4.32. The molecule has 2 rings (SSSR count). The molecule has 3 heteroatoms. The van der Waals surface area contributed by atoms with E-state index in [2.05, 4.69) is 48.1 Å². The monoisotopic (exact) mass is 351 g/mol. The van der Waals surface area contributed by atoms with Crippen LogP contribution in [-0.2, 0) is 5.41 Å². The van der Waals surface area contributed by atoms with Gasteiger partial charge in [0.25, 0.3) is 5.91 Å². The first-order chi connectivity index (χ1) is 9.89. The van der Waals surface area contributed by atoms with Crippen molar-refractivity contribution in [1.29, 1.82) is 0 Å². The van der Waals surface area contributed by atoms with Gasteiger partial charge in [-0.25, -0.2) is 0 Å². The number of carbonyl (C=O) groups is 1. The van der Waals surface area contributed by atoms with Gasteiger partial charge in [0.2, 0.25) is 0 Å². The van der Waals surface area contributed by atoms with Crippen molar-refractivity contribution >= 4 is 21.8 Å². The quantitative estimate of drug-likeness (QED) is 0.601. The van der Waals surface area contributed by atoms with Gasteiger partial charge in [-0.05, 0) is 29.9 Å². The molecule has 0 radical (unpaired) electrons. The normalized spacial score (nSPS) is 23.4. The molecule has 116 valence electrons. The van der Waals surface area contributed by atoms with Crippen LogP contribution < -0.4 is 5.32 Å². The second-order valence-corrected chi connectivity index (χ2v) is 8.21. The molecule has 2 nitrogen and oxygen atoms in total. The summed E-state index contributed by atoms with van der Waals surface area (Å²) in [6.45, 7) is 6.45. The molecule has 1 N–H and O–H groups in total. The first-order valence-electron chi connectivity index (χ1n) is 7.94. The van der Waals surface area contributed by atoms with Crippen molar-refractivity contribution in [3.05, 3.63) is 35.4 Å². The summed E-state index contributed by atoms with van der Waals surface area (Å²) in [6.07, 6.45) is 5.94. The molecule has 2 unspecified atom stereocenters. The van der Waals surface area contributed by atoms with Gasteiger partial charge in [-0.2, -0.15) is 0 Å². The lowest BCUT2D eigenvalue weighted by atomic mass is 9.83. The van der Waals surface area contributed by atoms with Gasteiger partial charge in [-0.1, -0.05) is 74.2 Å². The SMILES string of the molecule is CC(C)(C)c1ccccc1C(=O)NC1CCCCCC1Br. The number of rotatable bonds is 2. The topological polar surface area (TPSA) is 29.1 Å². The predicted molar refractivity (Wildman–Crippen MR) is 92.2 cm³/mol. The van der Waals surface area contributed by atoms with E-state index in [4.69, 9.17) is 0 Å². The highest BCUT2D eigenvalue weighted by atomic mass is 79.9. The molecule has 2 atom stereocenters. The second-order valence-electron chi connectivity index (χ2n) is 7.03. The molecular formula is C18H26BrNO. The third-order valence-corrected chi connectivity index (χ3v) is 5.32. The molecule has 0 aromatic heterocycles. The van der Waals surface area contributed by atoms with Gasteiger partial charge >= 0.3 is 0 Å². The molecule has 0 aliphatic heterocycles. The maximum Gasteiger partial charge on any atom is 0.251 e. The van der Waals surface area contributed by atoms with Gasteiger partial charge < -0.3 is 5.32 Å². The minimum absolute atomic E-state index is 0.0226. The zero-order valence-electron chi connectivity index (χ0n) is 13.3. The van der Waals surface area contributed by atoms with Crippen molar-refractivity contribution in [2.75, 3.05) is 0 Å². The van der Waals surface area contributed by atoms with Crippen LogP contribution in [0.5, 0.6) is 0 Å². The Hall–Kier alpha value is -0.830. The van der Waals surface area contributed by atoms with Crippen LogP contribution in [0.4, 0.5) is 0 Å². The van der Waals surface area contributed by atoms with Crippen LogP contribution in [0.1, 0.15) is 68.8 Å². The molecule has 0 bridgehead atoms. The van der Waals surface area contributed by atoms with Crippen LogP contribution in [0, 0.1) is 0 Å². The van der Waals surface area contributed by atoms with E-state index in [1.165, 1.54) is 19.3 Å². The summed E-state index contributed by atoms with van der Waals surface area (Å²) >= 11 is 3.75. The molecule has 0 spiro atoms. The summed E-state index contributed by atoms with van der Waals surface area (Å²) in [6, 6.07) is 8.20. The minimum atomic E-state index is -0.0226. The van der Waals surface area contributed by atoms with E-state index in [9.17, 15) is 4.79 Å². The maximum absolute atomic E-state index is 12.7. The molecule has 1 amide bonds. The fourth-order valence-corrected chi connectivity index (χ4v) is 3.73. The molecule has 1 aliphatic rings. The Morgan fingerprint density at radius 3 is 2.52 bits per heavy atom. The average molecular weight is 352 g/mol. The Labute approximate surface area is 136 Å². The molecule has 1 aromatic carbocycles. The van der Waals surface area contributed by atoms with E-state index >= 15 is 0 Å². The summed E-state index contributed by atoms with van der Waals surface area (Å²) in [4.78, 5) is 13.1. The molecule has 1 fully saturated rings. The molecule has 1 saturated carbocycles. The van der Waals surface area contributed by atoms with Crippen molar-refractivity contribution in [1.82, 2.24) is 5.32 Å². The molecule has 1 aromatic rings. The number of hydrogen-bond donors (Lipinski definition) is 1. The van der Waals surface area contributed by atoms with Gasteiger partial charge in [-0.15, -0.1) is 0 Å². The lowest BCUT2D eigenvalue weighted by molar-refractivity contribution is 0.0932. The standard InChI is InChI=1S/C18H26BrNO/c1-18(2,3)14-10-8-7-9-13(14)17(21)20-16-12-6-4-5-11-15(16)19/h7-10,15-16H,4-6,11-12H2,1-3H3,(H,20,21).